The van der Waals surface area contributed by atoms with Crippen LogP contribution in [0.2, 0.25) is 0 Å². The third kappa shape index (κ3) is 2.36. The topological polar surface area (TPSA) is 103 Å². The highest BCUT2D eigenvalue weighted by atomic mass is 16.5. The first-order chi connectivity index (χ1) is 8.06. The fourth-order valence-corrected chi connectivity index (χ4v) is 1.15. The van der Waals surface area contributed by atoms with Crippen molar-refractivity contribution in [2.45, 2.75) is 6.92 Å². The lowest BCUT2D eigenvalue weighted by Crippen LogP contribution is -2.04. The van der Waals surface area contributed by atoms with Crippen LogP contribution in [0.25, 0.3) is 0 Å². The molecule has 1 N–H and O–H groups in total. The van der Waals surface area contributed by atoms with Crippen molar-refractivity contribution >= 4 is 5.97 Å². The van der Waals surface area contributed by atoms with Crippen LogP contribution in [0.4, 0.5) is 0 Å². The largest absolute Gasteiger partial charge is 0.478 e. The molecule has 2 rings (SSSR count). The minimum atomic E-state index is -1.08. The molecule has 0 bridgehead atoms. The van der Waals surface area contributed by atoms with E-state index in [1.165, 1.54) is 17.2 Å². The number of carboxylic acids is 1. The Morgan fingerprint density at radius 3 is 2.71 bits per heavy atom. The lowest BCUT2D eigenvalue weighted by Gasteiger charge is -2.02. The fourth-order valence-electron chi connectivity index (χ4n) is 1.15. The Kier molecular flexibility index (Phi) is 2.69. The average Bonchev–Trinajstić information content (AvgIpc) is 2.63. The van der Waals surface area contributed by atoms with E-state index in [1.54, 1.807) is 14.0 Å². The van der Waals surface area contributed by atoms with E-state index in [4.69, 9.17) is 9.84 Å². The molecule has 0 aliphatic carbocycles. The van der Waals surface area contributed by atoms with Crippen LogP contribution < -0.4 is 4.74 Å². The van der Waals surface area contributed by atoms with Crippen LogP contribution in [0.3, 0.4) is 0 Å². The highest BCUT2D eigenvalue weighted by molar-refractivity contribution is 5.88. The zero-order valence-corrected chi connectivity index (χ0v) is 9.15. The Bertz CT molecular complexity index is 566. The van der Waals surface area contributed by atoms with Crippen LogP contribution in [0.5, 0.6) is 12.0 Å². The first-order valence-corrected chi connectivity index (χ1v) is 4.66. The summed E-state index contributed by atoms with van der Waals surface area (Å²) in [7, 11) is 1.69. The third-order valence-electron chi connectivity index (χ3n) is 1.95. The van der Waals surface area contributed by atoms with E-state index in [-0.39, 0.29) is 17.6 Å². The summed E-state index contributed by atoms with van der Waals surface area (Å²) in [5, 5.41) is 12.7. The average molecular weight is 235 g/mol. The van der Waals surface area contributed by atoms with Gasteiger partial charge in [-0.3, -0.25) is 4.68 Å². The minimum Gasteiger partial charge on any atom is -0.478 e. The molecular weight excluding hydrogens is 226 g/mol. The molecule has 0 fully saturated rings. The van der Waals surface area contributed by atoms with Crippen LogP contribution in [0.1, 0.15) is 16.1 Å². The molecule has 0 aliphatic heterocycles. The number of hydrogen-bond donors (Lipinski definition) is 1. The van der Waals surface area contributed by atoms with E-state index >= 15 is 0 Å². The van der Waals surface area contributed by atoms with E-state index in [1.807, 2.05) is 0 Å². The Hall–Kier alpha value is -2.51. The summed E-state index contributed by atoms with van der Waals surface area (Å²) in [4.78, 5) is 22.2. The zero-order chi connectivity index (χ0) is 12.4. The molecule has 8 nitrogen and oxygen atoms in total. The lowest BCUT2D eigenvalue weighted by atomic mass is 10.2. The predicted molar refractivity (Wildman–Crippen MR) is 54.8 cm³/mol. The molecule has 0 amide bonds. The number of rotatable bonds is 3. The van der Waals surface area contributed by atoms with Gasteiger partial charge >= 0.3 is 18.0 Å². The maximum atomic E-state index is 10.7. The van der Waals surface area contributed by atoms with Crippen molar-refractivity contribution in [3.63, 3.8) is 0 Å². The van der Waals surface area contributed by atoms with Gasteiger partial charge < -0.3 is 9.84 Å². The second-order valence-electron chi connectivity index (χ2n) is 3.26. The summed E-state index contributed by atoms with van der Waals surface area (Å²) in [5.41, 5.74) is 0.352. The van der Waals surface area contributed by atoms with Crippen molar-refractivity contribution in [2.24, 2.45) is 7.05 Å². The lowest BCUT2D eigenvalue weighted by molar-refractivity contribution is 0.0695. The molecule has 0 atom stereocenters. The Balaban J connectivity index is 2.23. The van der Waals surface area contributed by atoms with Gasteiger partial charge in [-0.25, -0.2) is 9.78 Å². The predicted octanol–water partition coefficient (Wildman–Crippen LogP) is 0.404. The van der Waals surface area contributed by atoms with Gasteiger partial charge in [-0.05, 0) is 6.92 Å². The summed E-state index contributed by atoms with van der Waals surface area (Å²) >= 11 is 0. The van der Waals surface area contributed by atoms with Crippen molar-refractivity contribution in [1.82, 2.24) is 24.7 Å². The summed E-state index contributed by atoms with van der Waals surface area (Å²) in [6, 6.07) is 0.119. The molecule has 17 heavy (non-hydrogen) atoms. The Morgan fingerprint density at radius 1 is 1.41 bits per heavy atom. The van der Waals surface area contributed by atoms with Crippen molar-refractivity contribution in [2.75, 3.05) is 0 Å². The maximum Gasteiger partial charge on any atom is 0.343 e. The van der Waals surface area contributed by atoms with Crippen LogP contribution in [-0.2, 0) is 7.05 Å². The maximum absolute atomic E-state index is 10.7. The molecule has 0 radical (unpaired) electrons. The second kappa shape index (κ2) is 4.16. The number of hydrogen-bond acceptors (Lipinski definition) is 6. The van der Waals surface area contributed by atoms with Gasteiger partial charge in [0.25, 0.3) is 0 Å². The molecule has 0 aliphatic rings. The zero-order valence-electron chi connectivity index (χ0n) is 9.15. The second-order valence-corrected chi connectivity index (χ2v) is 3.26. The van der Waals surface area contributed by atoms with Gasteiger partial charge in [0.1, 0.15) is 6.33 Å². The van der Waals surface area contributed by atoms with Crippen LogP contribution in [0, 0.1) is 6.92 Å². The van der Waals surface area contributed by atoms with Gasteiger partial charge in [0.15, 0.2) is 0 Å². The molecule has 0 unspecified atom stereocenters. The van der Waals surface area contributed by atoms with Crippen molar-refractivity contribution in [3.8, 4) is 12.0 Å². The van der Waals surface area contributed by atoms with Crippen LogP contribution in [-0.4, -0.2) is 35.8 Å². The molecule has 88 valence electrons. The standard InChI is InChI=1S/C9H9N5O3/c1-5-6(7(15)16)3-10-8(12-5)17-9-11-4-14(2)13-9/h3-4H,1-2H3,(H,15,16). The molecule has 2 aromatic heterocycles. The smallest absolute Gasteiger partial charge is 0.343 e. The number of carboxylic acid groups (broad SMARTS) is 1. The highest BCUT2D eigenvalue weighted by Crippen LogP contribution is 2.13. The first kappa shape index (κ1) is 11.0. The molecular formula is C9H9N5O3. The number of ether oxygens (including phenoxy) is 1. The first-order valence-electron chi connectivity index (χ1n) is 4.66. The minimum absolute atomic E-state index is 0.0127. The van der Waals surface area contributed by atoms with Crippen molar-refractivity contribution in [1.29, 1.82) is 0 Å². The fraction of sp³-hybridized carbons (Fsp3) is 0.222. The van der Waals surface area contributed by atoms with E-state index in [9.17, 15) is 4.79 Å². The Labute approximate surface area is 95.9 Å². The molecule has 2 aromatic rings. The van der Waals surface area contributed by atoms with Gasteiger partial charge in [0.2, 0.25) is 0 Å². The third-order valence-corrected chi connectivity index (χ3v) is 1.95. The monoisotopic (exact) mass is 235 g/mol. The summed E-state index contributed by atoms with van der Waals surface area (Å²) < 4.78 is 6.62. The number of aryl methyl sites for hydroxylation is 2. The van der Waals surface area contributed by atoms with E-state index in [2.05, 4.69) is 20.1 Å². The van der Waals surface area contributed by atoms with Gasteiger partial charge in [0, 0.05) is 13.2 Å². The molecule has 0 saturated carbocycles. The van der Waals surface area contributed by atoms with E-state index in [0.717, 1.165) is 0 Å². The van der Waals surface area contributed by atoms with E-state index < -0.39 is 5.97 Å². The quantitative estimate of drug-likeness (QED) is 0.821. The molecule has 8 heteroatoms. The number of carbonyl (C=O) groups is 1. The SMILES string of the molecule is Cc1nc(Oc2ncn(C)n2)ncc1C(=O)O. The van der Waals surface area contributed by atoms with Gasteiger partial charge in [-0.15, -0.1) is 5.10 Å². The number of aromatic carboxylic acids is 1. The summed E-state index contributed by atoms with van der Waals surface area (Å²) in [5.74, 6) is -1.08. The molecule has 2 heterocycles. The van der Waals surface area contributed by atoms with E-state index in [0.29, 0.717) is 5.69 Å². The molecule has 0 saturated heterocycles. The summed E-state index contributed by atoms with van der Waals surface area (Å²) in [6.45, 7) is 1.56. The Morgan fingerprint density at radius 2 is 2.18 bits per heavy atom. The number of aromatic nitrogens is 5. The number of nitrogens with zero attached hydrogens (tertiary/aromatic N) is 5. The van der Waals surface area contributed by atoms with Crippen molar-refractivity contribution in [3.05, 3.63) is 23.8 Å². The normalized spacial score (nSPS) is 10.2. The highest BCUT2D eigenvalue weighted by Gasteiger charge is 2.12. The van der Waals surface area contributed by atoms with Crippen molar-refractivity contribution < 1.29 is 14.6 Å². The van der Waals surface area contributed by atoms with Crippen LogP contribution in [0.15, 0.2) is 12.5 Å². The van der Waals surface area contributed by atoms with Gasteiger partial charge in [-0.1, -0.05) is 0 Å². The van der Waals surface area contributed by atoms with Gasteiger partial charge in [0.05, 0.1) is 11.3 Å². The van der Waals surface area contributed by atoms with Crippen LogP contribution >= 0.6 is 0 Å². The summed E-state index contributed by atoms with van der Waals surface area (Å²) in [6.07, 6.45) is 2.65. The van der Waals surface area contributed by atoms with Gasteiger partial charge in [-0.2, -0.15) is 9.97 Å². The molecule has 0 spiro atoms. The molecule has 0 aromatic carbocycles.